The summed E-state index contributed by atoms with van der Waals surface area (Å²) in [5.41, 5.74) is 1.16. The topological polar surface area (TPSA) is 75.3 Å². The molecule has 1 heterocycles. The molecule has 146 valence electrons. The summed E-state index contributed by atoms with van der Waals surface area (Å²) in [7, 11) is -3.65. The predicted molar refractivity (Wildman–Crippen MR) is 110 cm³/mol. The molecule has 27 heavy (non-hydrogen) atoms. The van der Waals surface area contributed by atoms with Crippen LogP contribution in [0.2, 0.25) is 0 Å². The molecule has 0 radical (unpaired) electrons. The molecular weight excluding hydrogens is 380 g/mol. The molecule has 0 saturated carbocycles. The van der Waals surface area contributed by atoms with E-state index in [0.29, 0.717) is 16.5 Å². The van der Waals surface area contributed by atoms with Gasteiger partial charge in [0.25, 0.3) is 5.91 Å². The maximum Gasteiger partial charge on any atom is 0.265 e. The molecule has 7 heteroatoms. The number of nitrogens with one attached hydrogen (secondary N) is 2. The van der Waals surface area contributed by atoms with Crippen LogP contribution in [-0.4, -0.2) is 19.9 Å². The van der Waals surface area contributed by atoms with Crippen LogP contribution in [0, 0.1) is 5.92 Å². The van der Waals surface area contributed by atoms with Crippen molar-refractivity contribution < 1.29 is 13.2 Å². The number of sulfonamides is 1. The summed E-state index contributed by atoms with van der Waals surface area (Å²) in [5, 5.41) is 2.83. The molecule has 3 rings (SSSR count). The first-order valence-corrected chi connectivity index (χ1v) is 11.4. The Morgan fingerprint density at radius 1 is 1.22 bits per heavy atom. The van der Waals surface area contributed by atoms with E-state index in [-0.39, 0.29) is 10.8 Å². The third-order valence-corrected chi connectivity index (χ3v) is 7.39. The smallest absolute Gasteiger partial charge is 0.265 e. The second kappa shape index (κ2) is 7.37. The minimum atomic E-state index is -3.65. The van der Waals surface area contributed by atoms with Crippen molar-refractivity contribution in [3.05, 3.63) is 45.6 Å². The maximum atomic E-state index is 12.6. The quantitative estimate of drug-likeness (QED) is 0.799. The summed E-state index contributed by atoms with van der Waals surface area (Å²) in [6.07, 6.45) is 3.21. The molecule has 1 aromatic heterocycles. The minimum absolute atomic E-state index is 0.134. The second-order valence-corrected chi connectivity index (χ2v) is 11.1. The van der Waals surface area contributed by atoms with Crippen molar-refractivity contribution >= 4 is 33.0 Å². The maximum absolute atomic E-state index is 12.6. The predicted octanol–water partition coefficient (Wildman–Crippen LogP) is 4.20. The van der Waals surface area contributed by atoms with E-state index >= 15 is 0 Å². The number of anilines is 1. The number of benzene rings is 1. The normalized spacial score (nSPS) is 17.4. The van der Waals surface area contributed by atoms with Gasteiger partial charge in [0.15, 0.2) is 0 Å². The molecule has 1 aliphatic rings. The van der Waals surface area contributed by atoms with Gasteiger partial charge in [-0.15, -0.1) is 11.3 Å². The fraction of sp³-hybridized carbons (Fsp3) is 0.450. The molecule has 1 atom stereocenters. The van der Waals surface area contributed by atoms with Gasteiger partial charge in [-0.3, -0.25) is 4.79 Å². The number of thiophene rings is 1. The number of fused-ring (bicyclic) bond motifs is 1. The van der Waals surface area contributed by atoms with E-state index in [4.69, 9.17) is 0 Å². The van der Waals surface area contributed by atoms with Gasteiger partial charge in [0.05, 0.1) is 9.77 Å². The number of carbonyl (C=O) groups is 1. The molecule has 0 aliphatic heterocycles. The summed E-state index contributed by atoms with van der Waals surface area (Å²) in [6, 6.07) is 8.32. The van der Waals surface area contributed by atoms with Crippen LogP contribution in [0.4, 0.5) is 5.69 Å². The highest BCUT2D eigenvalue weighted by Crippen LogP contribution is 2.32. The minimum Gasteiger partial charge on any atom is -0.321 e. The van der Waals surface area contributed by atoms with E-state index in [9.17, 15) is 13.2 Å². The molecule has 0 bridgehead atoms. The van der Waals surface area contributed by atoms with E-state index in [1.165, 1.54) is 33.9 Å². The highest BCUT2D eigenvalue weighted by molar-refractivity contribution is 7.89. The van der Waals surface area contributed by atoms with E-state index in [1.54, 1.807) is 32.9 Å². The van der Waals surface area contributed by atoms with Gasteiger partial charge < -0.3 is 5.32 Å². The van der Waals surface area contributed by atoms with Crippen molar-refractivity contribution in [2.24, 2.45) is 5.92 Å². The Morgan fingerprint density at radius 3 is 2.67 bits per heavy atom. The monoisotopic (exact) mass is 406 g/mol. The first kappa shape index (κ1) is 20.0. The van der Waals surface area contributed by atoms with Gasteiger partial charge in [-0.05, 0) is 75.8 Å². The number of carbonyl (C=O) groups excluding carboxylic acids is 1. The molecule has 2 aromatic rings. The Hall–Kier alpha value is -1.70. The first-order valence-electron chi connectivity index (χ1n) is 9.10. The Labute approximate surface area is 165 Å². The van der Waals surface area contributed by atoms with Crippen LogP contribution in [-0.2, 0) is 22.9 Å². The fourth-order valence-electron chi connectivity index (χ4n) is 3.21. The van der Waals surface area contributed by atoms with Gasteiger partial charge in [-0.25, -0.2) is 13.1 Å². The Kier molecular flexibility index (Phi) is 5.47. The zero-order valence-electron chi connectivity index (χ0n) is 16.1. The number of hydrogen-bond donors (Lipinski definition) is 2. The molecule has 0 saturated heterocycles. The van der Waals surface area contributed by atoms with E-state index < -0.39 is 15.6 Å². The van der Waals surface area contributed by atoms with Crippen LogP contribution < -0.4 is 10.0 Å². The lowest BCUT2D eigenvalue weighted by molar-refractivity contribution is 0.103. The van der Waals surface area contributed by atoms with Crippen LogP contribution in [0.5, 0.6) is 0 Å². The van der Waals surface area contributed by atoms with Gasteiger partial charge in [0.1, 0.15) is 0 Å². The molecular formula is C20H26N2O3S2. The van der Waals surface area contributed by atoms with E-state index in [2.05, 4.69) is 17.0 Å². The Balaban J connectivity index is 1.78. The summed E-state index contributed by atoms with van der Waals surface area (Å²) in [6.45, 7) is 7.60. The van der Waals surface area contributed by atoms with Crippen molar-refractivity contribution in [2.45, 2.75) is 57.4 Å². The summed E-state index contributed by atoms with van der Waals surface area (Å²) in [4.78, 5) is 14.7. The molecule has 1 aliphatic carbocycles. The van der Waals surface area contributed by atoms with Crippen LogP contribution >= 0.6 is 11.3 Å². The SMILES string of the molecule is C[C@@H]1CCc2sc(C(=O)Nc3cccc(S(=O)(=O)NC(C)(C)C)c3)cc2C1. The lowest BCUT2D eigenvalue weighted by atomic mass is 9.90. The van der Waals surface area contributed by atoms with E-state index in [1.807, 2.05) is 6.07 Å². The second-order valence-electron chi connectivity index (χ2n) is 8.24. The van der Waals surface area contributed by atoms with Gasteiger partial charge >= 0.3 is 0 Å². The third kappa shape index (κ3) is 4.97. The van der Waals surface area contributed by atoms with Crippen LogP contribution in [0.15, 0.2) is 35.2 Å². The Bertz CT molecular complexity index is 956. The fourth-order valence-corrected chi connectivity index (χ4v) is 5.78. The van der Waals surface area contributed by atoms with Gasteiger partial charge in [-0.2, -0.15) is 0 Å². The van der Waals surface area contributed by atoms with Crippen molar-refractivity contribution in [1.29, 1.82) is 0 Å². The molecule has 1 amide bonds. The molecule has 1 aromatic carbocycles. The molecule has 5 nitrogen and oxygen atoms in total. The van der Waals surface area contributed by atoms with Crippen LogP contribution in [0.3, 0.4) is 0 Å². The summed E-state index contributed by atoms with van der Waals surface area (Å²) < 4.78 is 27.6. The van der Waals surface area contributed by atoms with Crippen LogP contribution in [0.25, 0.3) is 0 Å². The number of hydrogen-bond acceptors (Lipinski definition) is 4. The van der Waals surface area contributed by atoms with Crippen molar-refractivity contribution in [1.82, 2.24) is 4.72 Å². The van der Waals surface area contributed by atoms with E-state index in [0.717, 1.165) is 19.3 Å². The lowest BCUT2D eigenvalue weighted by Gasteiger charge is -2.20. The van der Waals surface area contributed by atoms with Gasteiger partial charge in [-0.1, -0.05) is 13.0 Å². The highest BCUT2D eigenvalue weighted by Gasteiger charge is 2.23. The molecule has 0 spiro atoms. The van der Waals surface area contributed by atoms with Crippen molar-refractivity contribution in [3.63, 3.8) is 0 Å². The standard InChI is InChI=1S/C20H26N2O3S2/c1-13-8-9-17-14(10-13)11-18(26-17)19(23)21-15-6-5-7-16(12-15)27(24,25)22-20(2,3)4/h5-7,11-13,22H,8-10H2,1-4H3,(H,21,23)/t13-/m1/s1. The average Bonchev–Trinajstić information content (AvgIpc) is 2.96. The molecule has 2 N–H and O–H groups in total. The van der Waals surface area contributed by atoms with Crippen LogP contribution in [0.1, 0.15) is 54.2 Å². The largest absolute Gasteiger partial charge is 0.321 e. The summed E-state index contributed by atoms with van der Waals surface area (Å²) in [5.74, 6) is 0.459. The zero-order valence-corrected chi connectivity index (χ0v) is 17.8. The average molecular weight is 407 g/mol. The molecule has 0 unspecified atom stereocenters. The highest BCUT2D eigenvalue weighted by atomic mass is 32.2. The van der Waals surface area contributed by atoms with Gasteiger partial charge in [0.2, 0.25) is 10.0 Å². The first-order chi connectivity index (χ1) is 12.5. The zero-order chi connectivity index (χ0) is 19.8. The number of aryl methyl sites for hydroxylation is 1. The Morgan fingerprint density at radius 2 is 1.96 bits per heavy atom. The number of rotatable bonds is 4. The third-order valence-electron chi connectivity index (χ3n) is 4.40. The summed E-state index contributed by atoms with van der Waals surface area (Å²) >= 11 is 1.54. The number of amides is 1. The van der Waals surface area contributed by atoms with Crippen molar-refractivity contribution in [3.8, 4) is 0 Å². The molecule has 0 fully saturated rings. The van der Waals surface area contributed by atoms with Crippen molar-refractivity contribution in [2.75, 3.05) is 5.32 Å². The van der Waals surface area contributed by atoms with Gasteiger partial charge in [0, 0.05) is 16.1 Å². The lowest BCUT2D eigenvalue weighted by Crippen LogP contribution is -2.40.